The van der Waals surface area contributed by atoms with E-state index in [1.165, 1.54) is 0 Å². The maximum Gasteiger partial charge on any atom is 0.338 e. The van der Waals surface area contributed by atoms with Gasteiger partial charge in [-0.05, 0) is 97.9 Å². The number of benzene rings is 2. The Balaban J connectivity index is 0.000000560. The van der Waals surface area contributed by atoms with Crippen LogP contribution in [0.5, 0.6) is 0 Å². The molecular weight excluding hydrogens is 705 g/mol. The SMILES string of the molecule is CCCCC(CC)COC(=O)c1ccc(C(=O)OCC(CC)CCCC)cc1.CCCCC(CC)COC(=O)c1ccc(C(=O)OCC(CC)CCCC)cc1. The zero-order chi connectivity index (χ0) is 41.6. The zero-order valence-electron chi connectivity index (χ0n) is 36.3. The fourth-order valence-corrected chi connectivity index (χ4v) is 6.18. The fourth-order valence-electron chi connectivity index (χ4n) is 6.18. The predicted octanol–water partition coefficient (Wildman–Crippen LogP) is 12.9. The summed E-state index contributed by atoms with van der Waals surface area (Å²) < 4.78 is 21.8. The first kappa shape index (κ1) is 50.3. The highest BCUT2D eigenvalue weighted by Gasteiger charge is 2.17. The van der Waals surface area contributed by atoms with E-state index in [0.717, 1.165) is 103 Å². The normalized spacial score (nSPS) is 13.0. The Morgan fingerprint density at radius 3 is 0.679 bits per heavy atom. The molecule has 0 bridgehead atoms. The molecule has 0 aromatic heterocycles. The second-order valence-corrected chi connectivity index (χ2v) is 15.2. The van der Waals surface area contributed by atoms with Crippen molar-refractivity contribution >= 4 is 23.9 Å². The molecule has 0 saturated heterocycles. The van der Waals surface area contributed by atoms with Crippen LogP contribution in [0.15, 0.2) is 48.5 Å². The molecule has 4 unspecified atom stereocenters. The monoisotopic (exact) mass is 781 g/mol. The molecule has 0 N–H and O–H groups in total. The van der Waals surface area contributed by atoms with Gasteiger partial charge in [-0.2, -0.15) is 0 Å². The van der Waals surface area contributed by atoms with E-state index < -0.39 is 0 Å². The summed E-state index contributed by atoms with van der Waals surface area (Å²) in [5, 5.41) is 0. The Morgan fingerprint density at radius 1 is 0.357 bits per heavy atom. The standard InChI is InChI=1S/2C24H38O4/c2*1-5-9-11-19(7-3)17-27-23(25)21-13-15-22(16-14-21)24(26)28-18-20(8-4)12-10-6-2/h2*13-16,19-20H,5-12,17-18H2,1-4H3. The maximum absolute atomic E-state index is 12.2. The van der Waals surface area contributed by atoms with Gasteiger partial charge in [0.05, 0.1) is 48.7 Å². The van der Waals surface area contributed by atoms with Crippen LogP contribution in [0.3, 0.4) is 0 Å². The quantitative estimate of drug-likeness (QED) is 0.0621. The van der Waals surface area contributed by atoms with Crippen molar-refractivity contribution in [3.05, 3.63) is 70.8 Å². The average molecular weight is 781 g/mol. The highest BCUT2D eigenvalue weighted by Crippen LogP contribution is 2.18. The second-order valence-electron chi connectivity index (χ2n) is 15.2. The minimum atomic E-state index is -0.333. The van der Waals surface area contributed by atoms with Gasteiger partial charge in [0.15, 0.2) is 0 Å². The first-order valence-electron chi connectivity index (χ1n) is 22.0. The molecule has 0 radical (unpaired) electrons. The summed E-state index contributed by atoms with van der Waals surface area (Å²) in [6, 6.07) is 13.1. The predicted molar refractivity (Wildman–Crippen MR) is 227 cm³/mol. The van der Waals surface area contributed by atoms with Crippen LogP contribution in [0.25, 0.3) is 0 Å². The van der Waals surface area contributed by atoms with E-state index in [9.17, 15) is 19.2 Å². The van der Waals surface area contributed by atoms with Crippen LogP contribution in [0.4, 0.5) is 0 Å². The first-order valence-corrected chi connectivity index (χ1v) is 22.0. The summed E-state index contributed by atoms with van der Waals surface area (Å²) in [7, 11) is 0. The largest absolute Gasteiger partial charge is 0.462 e. The van der Waals surface area contributed by atoms with E-state index in [-0.39, 0.29) is 23.9 Å². The van der Waals surface area contributed by atoms with Crippen molar-refractivity contribution in [3.8, 4) is 0 Å². The molecule has 0 amide bonds. The number of rotatable bonds is 28. The van der Waals surface area contributed by atoms with Gasteiger partial charge in [-0.15, -0.1) is 0 Å². The van der Waals surface area contributed by atoms with Gasteiger partial charge in [-0.1, -0.05) is 132 Å². The Bertz CT molecular complexity index is 1130. The summed E-state index contributed by atoms with van der Waals surface area (Å²) >= 11 is 0. The van der Waals surface area contributed by atoms with Gasteiger partial charge in [-0.25, -0.2) is 19.2 Å². The molecule has 0 spiro atoms. The van der Waals surface area contributed by atoms with E-state index >= 15 is 0 Å². The van der Waals surface area contributed by atoms with Crippen molar-refractivity contribution in [2.45, 2.75) is 158 Å². The van der Waals surface area contributed by atoms with E-state index in [2.05, 4.69) is 55.4 Å². The summed E-state index contributed by atoms with van der Waals surface area (Å²) in [4.78, 5) is 48.9. The molecule has 2 aromatic rings. The third kappa shape index (κ3) is 21.0. The minimum Gasteiger partial charge on any atom is -0.462 e. The fraction of sp³-hybridized carbons (Fsp3) is 0.667. The molecule has 8 heteroatoms. The summed E-state index contributed by atoms with van der Waals surface area (Å²) in [6.07, 6.45) is 17.6. The molecule has 0 aliphatic heterocycles. The molecule has 316 valence electrons. The van der Waals surface area contributed by atoms with Crippen molar-refractivity contribution in [2.75, 3.05) is 26.4 Å². The number of unbranched alkanes of at least 4 members (excludes halogenated alkanes) is 4. The van der Waals surface area contributed by atoms with Crippen LogP contribution in [0, 0.1) is 23.7 Å². The summed E-state index contributed by atoms with van der Waals surface area (Å²) in [6.45, 7) is 19.0. The van der Waals surface area contributed by atoms with E-state index in [1.54, 1.807) is 48.5 Å². The van der Waals surface area contributed by atoms with E-state index in [1.807, 2.05) is 0 Å². The highest BCUT2D eigenvalue weighted by atomic mass is 16.5. The topological polar surface area (TPSA) is 105 Å². The van der Waals surface area contributed by atoms with Crippen molar-refractivity contribution in [1.82, 2.24) is 0 Å². The molecule has 0 aliphatic rings. The van der Waals surface area contributed by atoms with Crippen molar-refractivity contribution in [3.63, 3.8) is 0 Å². The Morgan fingerprint density at radius 2 is 0.536 bits per heavy atom. The van der Waals surface area contributed by atoms with Gasteiger partial charge in [0.25, 0.3) is 0 Å². The molecule has 2 rings (SSSR count). The van der Waals surface area contributed by atoms with Crippen LogP contribution in [0.2, 0.25) is 0 Å². The number of esters is 4. The lowest BCUT2D eigenvalue weighted by Crippen LogP contribution is -2.15. The summed E-state index contributed by atoms with van der Waals surface area (Å²) in [5.41, 5.74) is 1.88. The number of hydrogen-bond donors (Lipinski definition) is 0. The third-order valence-corrected chi connectivity index (χ3v) is 10.7. The van der Waals surface area contributed by atoms with Gasteiger partial charge in [0.2, 0.25) is 0 Å². The van der Waals surface area contributed by atoms with Crippen LogP contribution in [-0.4, -0.2) is 50.3 Å². The number of carbonyl (C=O) groups excluding carboxylic acids is 4. The van der Waals surface area contributed by atoms with Crippen molar-refractivity contribution in [1.29, 1.82) is 0 Å². The van der Waals surface area contributed by atoms with Crippen LogP contribution >= 0.6 is 0 Å². The van der Waals surface area contributed by atoms with Crippen molar-refractivity contribution < 1.29 is 38.1 Å². The Kier molecular flexibility index (Phi) is 28.2. The van der Waals surface area contributed by atoms with Gasteiger partial charge >= 0.3 is 23.9 Å². The number of ether oxygens (including phenoxy) is 4. The van der Waals surface area contributed by atoms with Crippen LogP contribution in [0.1, 0.15) is 200 Å². The minimum absolute atomic E-state index is 0.333. The molecule has 0 aliphatic carbocycles. The average Bonchev–Trinajstić information content (AvgIpc) is 3.23. The lowest BCUT2D eigenvalue weighted by Gasteiger charge is -2.15. The van der Waals surface area contributed by atoms with Gasteiger partial charge < -0.3 is 18.9 Å². The third-order valence-electron chi connectivity index (χ3n) is 10.7. The number of carbonyl (C=O) groups is 4. The van der Waals surface area contributed by atoms with Gasteiger partial charge in [0.1, 0.15) is 0 Å². The molecule has 0 saturated carbocycles. The number of hydrogen-bond acceptors (Lipinski definition) is 8. The molecule has 0 heterocycles. The van der Waals surface area contributed by atoms with Gasteiger partial charge in [0, 0.05) is 0 Å². The maximum atomic E-state index is 12.2. The van der Waals surface area contributed by atoms with Crippen molar-refractivity contribution in [2.24, 2.45) is 23.7 Å². The Labute approximate surface area is 340 Å². The lowest BCUT2D eigenvalue weighted by atomic mass is 10.0. The zero-order valence-corrected chi connectivity index (χ0v) is 36.3. The molecule has 8 nitrogen and oxygen atoms in total. The Hall–Kier alpha value is -3.68. The second kappa shape index (κ2) is 31.4. The molecule has 2 aromatic carbocycles. The first-order chi connectivity index (χ1) is 27.1. The van der Waals surface area contributed by atoms with Crippen LogP contribution < -0.4 is 0 Å². The molecule has 0 fully saturated rings. The van der Waals surface area contributed by atoms with E-state index in [4.69, 9.17) is 18.9 Å². The summed E-state index contributed by atoms with van der Waals surface area (Å²) in [5.74, 6) is 0.325. The lowest BCUT2D eigenvalue weighted by molar-refractivity contribution is 0.0414. The molecule has 56 heavy (non-hydrogen) atoms. The van der Waals surface area contributed by atoms with Gasteiger partial charge in [-0.3, -0.25) is 0 Å². The molecular formula is C48H76O8. The van der Waals surface area contributed by atoms with Crippen LogP contribution in [-0.2, 0) is 18.9 Å². The highest BCUT2D eigenvalue weighted by molar-refractivity contribution is 5.94. The molecule has 4 atom stereocenters. The van der Waals surface area contributed by atoms with E-state index in [0.29, 0.717) is 72.4 Å². The smallest absolute Gasteiger partial charge is 0.338 e.